The number of nitrogens with zero attached hydrogens (tertiary/aromatic N) is 4. The second kappa shape index (κ2) is 8.97. The zero-order valence-corrected chi connectivity index (χ0v) is 18.8. The Hall–Kier alpha value is -3.20. The highest BCUT2D eigenvalue weighted by molar-refractivity contribution is 6.29. The molecule has 0 spiro atoms. The summed E-state index contributed by atoms with van der Waals surface area (Å²) in [6.45, 7) is 1.35. The lowest BCUT2D eigenvalue weighted by Gasteiger charge is -2.26. The number of aryl methyl sites for hydroxylation is 1. The van der Waals surface area contributed by atoms with E-state index in [1.807, 2.05) is 0 Å². The number of hydrogen-bond donors (Lipinski definition) is 1. The molecular formula is C23H24ClN5O4. The molecule has 0 saturated carbocycles. The summed E-state index contributed by atoms with van der Waals surface area (Å²) >= 11 is 5.95. The number of piperidine rings is 1. The molecule has 10 heteroatoms. The van der Waals surface area contributed by atoms with Gasteiger partial charge in [-0.15, -0.1) is 5.10 Å². The van der Waals surface area contributed by atoms with Crippen molar-refractivity contribution >= 4 is 40.2 Å². The summed E-state index contributed by atoms with van der Waals surface area (Å²) in [6.07, 6.45) is 4.95. The molecule has 0 bridgehead atoms. The molecule has 172 valence electrons. The van der Waals surface area contributed by atoms with E-state index in [9.17, 15) is 14.4 Å². The maximum atomic E-state index is 12.9. The van der Waals surface area contributed by atoms with Crippen LogP contribution in [0.25, 0.3) is 11.1 Å². The lowest BCUT2D eigenvalue weighted by molar-refractivity contribution is -0.132. The Balaban J connectivity index is 1.33. The first-order chi connectivity index (χ1) is 16.0. The number of hydrogen-bond acceptors (Lipinski definition) is 6. The Morgan fingerprint density at radius 1 is 1.15 bits per heavy atom. The number of fused-ring (bicyclic) bond motifs is 2. The molecule has 1 N–H and O–H groups in total. The molecule has 1 aliphatic heterocycles. The van der Waals surface area contributed by atoms with E-state index < -0.39 is 5.76 Å². The molecule has 1 saturated heterocycles. The molecule has 9 nitrogen and oxygen atoms in total. The fraction of sp³-hybridized carbons (Fsp3) is 0.435. The summed E-state index contributed by atoms with van der Waals surface area (Å²) in [4.78, 5) is 39.8. The molecule has 0 radical (unpaired) electrons. The first kappa shape index (κ1) is 21.6. The summed E-state index contributed by atoms with van der Waals surface area (Å²) in [5.74, 6) is -1.02. The molecule has 1 fully saturated rings. The lowest BCUT2D eigenvalue weighted by Crippen LogP contribution is -2.39. The van der Waals surface area contributed by atoms with Crippen molar-refractivity contribution in [2.24, 2.45) is 5.92 Å². The maximum absolute atomic E-state index is 12.9. The summed E-state index contributed by atoms with van der Waals surface area (Å²) in [6, 6.07) is 6.78. The predicted octanol–water partition coefficient (Wildman–Crippen LogP) is 2.79. The molecule has 33 heavy (non-hydrogen) atoms. The van der Waals surface area contributed by atoms with E-state index in [2.05, 4.69) is 15.5 Å². The van der Waals surface area contributed by atoms with Crippen molar-refractivity contribution < 1.29 is 14.0 Å². The monoisotopic (exact) mass is 469 g/mol. The highest BCUT2D eigenvalue weighted by Crippen LogP contribution is 2.27. The number of carbonyl (C=O) groups excluding carboxylic acids is 2. The smallest absolute Gasteiger partial charge is 0.408 e. The van der Waals surface area contributed by atoms with Crippen molar-refractivity contribution in [2.75, 3.05) is 18.4 Å². The van der Waals surface area contributed by atoms with Gasteiger partial charge in [-0.25, -0.2) is 4.79 Å². The molecule has 1 aromatic carbocycles. The Labute approximate surface area is 194 Å². The van der Waals surface area contributed by atoms with Gasteiger partial charge in [0.1, 0.15) is 6.54 Å². The Morgan fingerprint density at radius 3 is 2.79 bits per heavy atom. The quantitative estimate of drug-likeness (QED) is 0.629. The SMILES string of the molecule is O=C(Nc1ccc2oc(=O)n(CC(=O)N3CCCCC3)c2c1)C1CCc2nnc(Cl)cc2C1. The van der Waals surface area contributed by atoms with Crippen LogP contribution in [-0.4, -0.2) is 44.6 Å². The Bertz CT molecular complexity index is 1280. The zero-order chi connectivity index (χ0) is 22.9. The van der Waals surface area contributed by atoms with Crippen LogP contribution >= 0.6 is 11.6 Å². The van der Waals surface area contributed by atoms with Crippen LogP contribution in [0.2, 0.25) is 5.15 Å². The van der Waals surface area contributed by atoms with E-state index in [1.165, 1.54) is 4.57 Å². The van der Waals surface area contributed by atoms with Crippen LogP contribution in [0, 0.1) is 5.92 Å². The normalized spacial score (nSPS) is 18.2. The Morgan fingerprint density at radius 2 is 1.97 bits per heavy atom. The largest absolute Gasteiger partial charge is 0.420 e. The number of oxazole rings is 1. The van der Waals surface area contributed by atoms with Gasteiger partial charge in [0.25, 0.3) is 0 Å². The van der Waals surface area contributed by atoms with Crippen LogP contribution in [0.1, 0.15) is 36.9 Å². The number of benzene rings is 1. The molecule has 3 aromatic rings. The minimum absolute atomic E-state index is 0.0789. The molecule has 3 heterocycles. The van der Waals surface area contributed by atoms with Gasteiger partial charge in [-0.2, -0.15) is 5.10 Å². The van der Waals surface area contributed by atoms with Crippen molar-refractivity contribution in [1.82, 2.24) is 19.7 Å². The molecule has 2 amide bonds. The molecule has 2 aliphatic rings. The van der Waals surface area contributed by atoms with Crippen LogP contribution in [0.15, 0.2) is 33.5 Å². The van der Waals surface area contributed by atoms with Gasteiger partial charge in [-0.1, -0.05) is 11.6 Å². The first-order valence-electron chi connectivity index (χ1n) is 11.2. The molecule has 2 aromatic heterocycles. The highest BCUT2D eigenvalue weighted by Gasteiger charge is 2.26. The van der Waals surface area contributed by atoms with Gasteiger partial charge in [-0.05, 0) is 68.4 Å². The first-order valence-corrected chi connectivity index (χ1v) is 11.6. The number of nitrogens with one attached hydrogen (secondary N) is 1. The second-order valence-electron chi connectivity index (χ2n) is 8.65. The van der Waals surface area contributed by atoms with Gasteiger partial charge >= 0.3 is 5.76 Å². The van der Waals surface area contributed by atoms with E-state index >= 15 is 0 Å². The van der Waals surface area contributed by atoms with Crippen molar-refractivity contribution in [3.05, 3.63) is 51.2 Å². The Kier molecular flexibility index (Phi) is 5.88. The minimum atomic E-state index is -0.583. The van der Waals surface area contributed by atoms with Gasteiger partial charge in [0.2, 0.25) is 11.8 Å². The zero-order valence-electron chi connectivity index (χ0n) is 18.1. The third-order valence-corrected chi connectivity index (χ3v) is 6.62. The van der Waals surface area contributed by atoms with Crippen LogP contribution in [-0.2, 0) is 29.0 Å². The number of likely N-dealkylation sites (tertiary alicyclic amines) is 1. The van der Waals surface area contributed by atoms with Crippen molar-refractivity contribution in [2.45, 2.75) is 45.1 Å². The van der Waals surface area contributed by atoms with Crippen LogP contribution < -0.4 is 11.1 Å². The molecule has 1 aliphatic carbocycles. The predicted molar refractivity (Wildman–Crippen MR) is 122 cm³/mol. The van der Waals surface area contributed by atoms with Crippen LogP contribution in [0.4, 0.5) is 5.69 Å². The number of rotatable bonds is 4. The lowest BCUT2D eigenvalue weighted by atomic mass is 9.86. The fourth-order valence-electron chi connectivity index (χ4n) is 4.63. The van der Waals surface area contributed by atoms with E-state index in [1.54, 1.807) is 29.2 Å². The van der Waals surface area contributed by atoms with E-state index in [0.29, 0.717) is 54.3 Å². The van der Waals surface area contributed by atoms with Crippen molar-refractivity contribution in [3.63, 3.8) is 0 Å². The third kappa shape index (κ3) is 4.50. The van der Waals surface area contributed by atoms with Crippen LogP contribution in [0.5, 0.6) is 0 Å². The second-order valence-corrected chi connectivity index (χ2v) is 9.03. The summed E-state index contributed by atoms with van der Waals surface area (Å²) in [5, 5.41) is 11.2. The average Bonchev–Trinajstić information content (AvgIpc) is 3.13. The van der Waals surface area contributed by atoms with Gasteiger partial charge in [0, 0.05) is 24.7 Å². The van der Waals surface area contributed by atoms with Gasteiger partial charge in [0.15, 0.2) is 10.7 Å². The average molecular weight is 470 g/mol. The third-order valence-electron chi connectivity index (χ3n) is 6.43. The highest BCUT2D eigenvalue weighted by atomic mass is 35.5. The molecular weight excluding hydrogens is 446 g/mol. The number of amides is 2. The topological polar surface area (TPSA) is 110 Å². The molecule has 5 rings (SSSR count). The number of carbonyl (C=O) groups is 2. The number of halogens is 1. The van der Waals surface area contributed by atoms with E-state index in [0.717, 1.165) is 30.5 Å². The van der Waals surface area contributed by atoms with E-state index in [4.69, 9.17) is 16.0 Å². The van der Waals surface area contributed by atoms with Crippen molar-refractivity contribution in [3.8, 4) is 0 Å². The van der Waals surface area contributed by atoms with E-state index in [-0.39, 0.29) is 24.3 Å². The minimum Gasteiger partial charge on any atom is -0.408 e. The summed E-state index contributed by atoms with van der Waals surface area (Å²) in [5.41, 5.74) is 3.23. The summed E-state index contributed by atoms with van der Waals surface area (Å²) < 4.78 is 6.65. The molecule has 1 atom stereocenters. The maximum Gasteiger partial charge on any atom is 0.420 e. The molecule has 1 unspecified atom stereocenters. The van der Waals surface area contributed by atoms with Crippen LogP contribution in [0.3, 0.4) is 0 Å². The van der Waals surface area contributed by atoms with Gasteiger partial charge < -0.3 is 14.6 Å². The fourth-order valence-corrected chi connectivity index (χ4v) is 4.80. The van der Waals surface area contributed by atoms with Gasteiger partial charge in [0.05, 0.1) is 11.2 Å². The van der Waals surface area contributed by atoms with Crippen molar-refractivity contribution in [1.29, 1.82) is 0 Å². The van der Waals surface area contributed by atoms with Gasteiger partial charge in [-0.3, -0.25) is 14.2 Å². The summed E-state index contributed by atoms with van der Waals surface area (Å²) in [7, 11) is 0. The number of aromatic nitrogens is 3. The standard InChI is InChI=1S/C23H24ClN5O4/c24-20-11-15-10-14(4-6-17(15)26-27-20)22(31)25-16-5-7-19-18(12-16)29(23(32)33-19)13-21(30)28-8-2-1-3-9-28/h5,7,11-12,14H,1-4,6,8-10,13H2,(H,25,31). The number of anilines is 1.